The Kier molecular flexibility index (Phi) is 2.99. The van der Waals surface area contributed by atoms with E-state index in [0.717, 1.165) is 5.39 Å². The summed E-state index contributed by atoms with van der Waals surface area (Å²) >= 11 is 8.91. The van der Waals surface area contributed by atoms with Gasteiger partial charge in [0.15, 0.2) is 0 Å². The quantitative estimate of drug-likeness (QED) is 0.757. The van der Waals surface area contributed by atoms with E-state index in [9.17, 15) is 4.39 Å². The Balaban J connectivity index is 2.85. The van der Waals surface area contributed by atoms with Crippen molar-refractivity contribution in [3.63, 3.8) is 0 Å². The highest BCUT2D eigenvalue weighted by Gasteiger charge is 2.11. The molecule has 84 valence electrons. The highest BCUT2D eigenvalue weighted by Crippen LogP contribution is 2.28. The second-order valence-corrected chi connectivity index (χ2v) is 4.69. The third-order valence-electron chi connectivity index (χ3n) is 2.11. The number of hydrogen-bond donors (Lipinski definition) is 0. The number of hydrogen-bond acceptors (Lipinski definition) is 3. The molecule has 0 N–H and O–H groups in total. The molecule has 0 aliphatic heterocycles. The fraction of sp³-hybridized carbons (Fsp3) is 0.200. The van der Waals surface area contributed by atoms with E-state index in [1.165, 1.54) is 6.07 Å². The van der Waals surface area contributed by atoms with E-state index in [-0.39, 0.29) is 11.1 Å². The van der Waals surface area contributed by atoms with Crippen LogP contribution in [0.25, 0.3) is 10.9 Å². The largest absolute Gasteiger partial charge is 0.362 e. The summed E-state index contributed by atoms with van der Waals surface area (Å²) in [6.45, 7) is 0. The van der Waals surface area contributed by atoms with Gasteiger partial charge < -0.3 is 4.90 Å². The Labute approximate surface area is 105 Å². The van der Waals surface area contributed by atoms with Crippen LogP contribution in [0.4, 0.5) is 10.2 Å². The highest BCUT2D eigenvalue weighted by molar-refractivity contribution is 9.10. The number of anilines is 1. The molecule has 0 fully saturated rings. The summed E-state index contributed by atoms with van der Waals surface area (Å²) in [5.74, 6) is 0.294. The lowest BCUT2D eigenvalue weighted by Crippen LogP contribution is -2.12. The second-order valence-electron chi connectivity index (χ2n) is 3.49. The Morgan fingerprint density at radius 3 is 2.62 bits per heavy atom. The Hall–Kier alpha value is -0.940. The monoisotopic (exact) mass is 303 g/mol. The van der Waals surface area contributed by atoms with Gasteiger partial charge in [0.1, 0.15) is 11.6 Å². The second kappa shape index (κ2) is 4.14. The molecular weight excluding hydrogens is 296 g/mol. The van der Waals surface area contributed by atoms with E-state index in [2.05, 4.69) is 25.9 Å². The van der Waals surface area contributed by atoms with Crippen molar-refractivity contribution >= 4 is 44.3 Å². The van der Waals surface area contributed by atoms with Gasteiger partial charge in [-0.05, 0) is 33.6 Å². The molecule has 0 unspecified atom stereocenters. The first-order valence-corrected chi connectivity index (χ1v) is 5.66. The zero-order valence-corrected chi connectivity index (χ0v) is 11.0. The van der Waals surface area contributed by atoms with Gasteiger partial charge in [0.2, 0.25) is 5.28 Å². The predicted octanol–water partition coefficient (Wildman–Crippen LogP) is 3.25. The minimum Gasteiger partial charge on any atom is -0.362 e. The maximum Gasteiger partial charge on any atom is 0.224 e. The van der Waals surface area contributed by atoms with Crippen molar-refractivity contribution < 1.29 is 4.39 Å². The molecule has 0 amide bonds. The van der Waals surface area contributed by atoms with Crippen LogP contribution >= 0.6 is 27.5 Å². The van der Waals surface area contributed by atoms with E-state index in [4.69, 9.17) is 11.6 Å². The molecule has 0 bridgehead atoms. The van der Waals surface area contributed by atoms with Crippen LogP contribution in [0, 0.1) is 5.82 Å². The van der Waals surface area contributed by atoms with Crippen molar-refractivity contribution in [2.45, 2.75) is 0 Å². The van der Waals surface area contributed by atoms with Gasteiger partial charge in [0, 0.05) is 25.5 Å². The molecular formula is C10H8BrClFN3. The predicted molar refractivity (Wildman–Crippen MR) is 66.5 cm³/mol. The minimum atomic E-state index is -0.369. The van der Waals surface area contributed by atoms with E-state index < -0.39 is 0 Å². The van der Waals surface area contributed by atoms with Crippen molar-refractivity contribution in [3.8, 4) is 0 Å². The third-order valence-corrected chi connectivity index (χ3v) is 2.89. The van der Waals surface area contributed by atoms with Gasteiger partial charge in [-0.25, -0.2) is 9.37 Å². The maximum absolute atomic E-state index is 13.3. The third kappa shape index (κ3) is 1.97. The first kappa shape index (κ1) is 11.5. The van der Waals surface area contributed by atoms with Crippen molar-refractivity contribution in [3.05, 3.63) is 27.7 Å². The zero-order chi connectivity index (χ0) is 11.9. The Morgan fingerprint density at radius 2 is 2.00 bits per heavy atom. The average molecular weight is 305 g/mol. The SMILES string of the molecule is CN(C)c1nc(Cl)nc2cc(F)c(Br)cc12. The van der Waals surface area contributed by atoms with E-state index in [1.54, 1.807) is 11.0 Å². The molecule has 0 atom stereocenters. The van der Waals surface area contributed by atoms with Crippen molar-refractivity contribution in [2.24, 2.45) is 0 Å². The van der Waals surface area contributed by atoms with Gasteiger partial charge in [0.05, 0.1) is 9.99 Å². The lowest BCUT2D eigenvalue weighted by molar-refractivity contribution is 0.622. The van der Waals surface area contributed by atoms with Gasteiger partial charge in [-0.2, -0.15) is 4.98 Å². The normalized spacial score (nSPS) is 10.8. The standard InChI is InChI=1S/C10H8BrClFN3/c1-16(2)9-5-3-6(11)7(13)4-8(5)14-10(12)15-9/h3-4H,1-2H3. The van der Waals surface area contributed by atoms with Gasteiger partial charge >= 0.3 is 0 Å². The average Bonchev–Trinajstić information content (AvgIpc) is 2.19. The van der Waals surface area contributed by atoms with Crippen molar-refractivity contribution in [1.29, 1.82) is 0 Å². The van der Waals surface area contributed by atoms with Gasteiger partial charge in [-0.1, -0.05) is 0 Å². The lowest BCUT2D eigenvalue weighted by atomic mass is 10.2. The summed E-state index contributed by atoms with van der Waals surface area (Å²) in [6, 6.07) is 2.98. The molecule has 2 aromatic rings. The molecule has 0 saturated carbocycles. The molecule has 0 radical (unpaired) electrons. The van der Waals surface area contributed by atoms with Crippen LogP contribution in [-0.4, -0.2) is 24.1 Å². The van der Waals surface area contributed by atoms with Crippen LogP contribution in [0.1, 0.15) is 0 Å². The Morgan fingerprint density at radius 1 is 1.31 bits per heavy atom. The number of halogens is 3. The summed E-state index contributed by atoms with van der Waals surface area (Å²) in [7, 11) is 3.69. The topological polar surface area (TPSA) is 29.0 Å². The number of benzene rings is 1. The van der Waals surface area contributed by atoms with Crippen LogP contribution in [0.2, 0.25) is 5.28 Å². The van der Waals surface area contributed by atoms with E-state index >= 15 is 0 Å². The van der Waals surface area contributed by atoms with Crippen LogP contribution in [-0.2, 0) is 0 Å². The van der Waals surface area contributed by atoms with Crippen molar-refractivity contribution in [2.75, 3.05) is 19.0 Å². The molecule has 1 heterocycles. The molecule has 2 rings (SSSR count). The summed E-state index contributed by atoms with van der Waals surface area (Å²) < 4.78 is 13.7. The van der Waals surface area contributed by atoms with Gasteiger partial charge in [-0.3, -0.25) is 0 Å². The van der Waals surface area contributed by atoms with E-state index in [1.807, 2.05) is 14.1 Å². The number of nitrogens with zero attached hydrogens (tertiary/aromatic N) is 3. The summed E-state index contributed by atoms with van der Waals surface area (Å²) in [4.78, 5) is 9.90. The first-order valence-electron chi connectivity index (χ1n) is 4.48. The highest BCUT2D eigenvalue weighted by atomic mass is 79.9. The molecule has 1 aromatic carbocycles. The molecule has 1 aromatic heterocycles. The molecule has 3 nitrogen and oxygen atoms in total. The van der Waals surface area contributed by atoms with Crippen molar-refractivity contribution in [1.82, 2.24) is 9.97 Å². The van der Waals surface area contributed by atoms with Crippen LogP contribution in [0.3, 0.4) is 0 Å². The minimum absolute atomic E-state index is 0.109. The lowest BCUT2D eigenvalue weighted by Gasteiger charge is -2.14. The summed E-state index contributed by atoms with van der Waals surface area (Å²) in [6.07, 6.45) is 0. The summed E-state index contributed by atoms with van der Waals surface area (Å²) in [5.41, 5.74) is 0.490. The summed E-state index contributed by atoms with van der Waals surface area (Å²) in [5, 5.41) is 0.862. The fourth-order valence-corrected chi connectivity index (χ4v) is 1.94. The molecule has 0 spiro atoms. The maximum atomic E-state index is 13.3. The number of fused-ring (bicyclic) bond motifs is 1. The molecule has 0 saturated heterocycles. The first-order chi connectivity index (χ1) is 7.49. The fourth-order valence-electron chi connectivity index (χ4n) is 1.42. The van der Waals surface area contributed by atoms with Gasteiger partial charge in [-0.15, -0.1) is 0 Å². The van der Waals surface area contributed by atoms with Crippen LogP contribution < -0.4 is 4.90 Å². The Bertz CT molecular complexity index is 559. The molecule has 16 heavy (non-hydrogen) atoms. The molecule has 6 heteroatoms. The number of aromatic nitrogens is 2. The smallest absolute Gasteiger partial charge is 0.224 e. The van der Waals surface area contributed by atoms with Crippen LogP contribution in [0.15, 0.2) is 16.6 Å². The zero-order valence-electron chi connectivity index (χ0n) is 8.63. The van der Waals surface area contributed by atoms with Crippen LogP contribution in [0.5, 0.6) is 0 Å². The van der Waals surface area contributed by atoms with E-state index in [0.29, 0.717) is 15.8 Å². The molecule has 0 aliphatic carbocycles. The molecule has 0 aliphatic rings. The number of rotatable bonds is 1. The van der Waals surface area contributed by atoms with Gasteiger partial charge in [0.25, 0.3) is 0 Å².